The first-order valence-corrected chi connectivity index (χ1v) is 16.0. The molecule has 0 unspecified atom stereocenters. The van der Waals surface area contributed by atoms with E-state index in [2.05, 4.69) is 5.32 Å². The largest absolute Gasteiger partial charge is 0.352 e. The standard InChI is InChI=1S/C31H37Cl2N3O4S/c1-21(2)25-12-14-26(15-13-25)36(41(5,39)40)20-30(37)35(19-24-11-16-27(32)28(33)17-24)29(31(38)34-22(3)4)18-23-9-7-6-8-10-23/h6-17,21-22,29H,18-20H2,1-5H3,(H,34,38)/t29-/m0/s1. The Morgan fingerprint density at radius 1 is 0.854 bits per heavy atom. The summed E-state index contributed by atoms with van der Waals surface area (Å²) in [6.45, 7) is 7.30. The Morgan fingerprint density at radius 3 is 2.02 bits per heavy atom. The summed E-state index contributed by atoms with van der Waals surface area (Å²) in [5.74, 6) is -0.615. The maximum Gasteiger partial charge on any atom is 0.244 e. The molecule has 0 heterocycles. The molecule has 3 aromatic carbocycles. The summed E-state index contributed by atoms with van der Waals surface area (Å²) in [5, 5.41) is 3.60. The summed E-state index contributed by atoms with van der Waals surface area (Å²) in [7, 11) is -3.84. The number of carbonyl (C=O) groups is 2. The van der Waals surface area contributed by atoms with Crippen molar-refractivity contribution in [2.45, 2.75) is 58.7 Å². The second-order valence-corrected chi connectivity index (χ2v) is 13.4. The number of benzene rings is 3. The number of rotatable bonds is 12. The van der Waals surface area contributed by atoms with Crippen molar-refractivity contribution in [3.8, 4) is 0 Å². The van der Waals surface area contributed by atoms with E-state index >= 15 is 0 Å². The SMILES string of the molecule is CC(C)NC(=O)[C@H](Cc1ccccc1)N(Cc1ccc(Cl)c(Cl)c1)C(=O)CN(c1ccc(C(C)C)cc1)S(C)(=O)=O. The third-order valence-electron chi connectivity index (χ3n) is 6.57. The van der Waals surface area contributed by atoms with Gasteiger partial charge in [-0.1, -0.05) is 85.6 Å². The normalized spacial score (nSPS) is 12.3. The van der Waals surface area contributed by atoms with Crippen LogP contribution in [0, 0.1) is 0 Å². The summed E-state index contributed by atoms with van der Waals surface area (Å²) in [5.41, 5.74) is 2.91. The molecule has 0 radical (unpaired) electrons. The van der Waals surface area contributed by atoms with Gasteiger partial charge in [0.05, 0.1) is 22.0 Å². The van der Waals surface area contributed by atoms with Gasteiger partial charge in [-0.2, -0.15) is 0 Å². The van der Waals surface area contributed by atoms with Gasteiger partial charge in [-0.15, -0.1) is 0 Å². The van der Waals surface area contributed by atoms with Crippen molar-refractivity contribution in [3.05, 3.63) is 99.5 Å². The third kappa shape index (κ3) is 9.21. The van der Waals surface area contributed by atoms with E-state index in [0.717, 1.165) is 21.7 Å². The Morgan fingerprint density at radius 2 is 1.49 bits per heavy atom. The molecule has 2 amide bonds. The first-order valence-electron chi connectivity index (χ1n) is 13.4. The molecule has 1 N–H and O–H groups in total. The lowest BCUT2D eigenvalue weighted by Crippen LogP contribution is -2.54. The van der Waals surface area contributed by atoms with Crippen LogP contribution in [0.3, 0.4) is 0 Å². The van der Waals surface area contributed by atoms with Crippen LogP contribution in [0.4, 0.5) is 5.69 Å². The zero-order valence-corrected chi connectivity index (χ0v) is 26.3. The van der Waals surface area contributed by atoms with Crippen LogP contribution in [0.1, 0.15) is 50.3 Å². The zero-order valence-electron chi connectivity index (χ0n) is 24.0. The predicted molar refractivity (Wildman–Crippen MR) is 167 cm³/mol. The molecule has 220 valence electrons. The number of carbonyl (C=O) groups excluding carboxylic acids is 2. The van der Waals surface area contributed by atoms with Crippen LogP contribution in [0.15, 0.2) is 72.8 Å². The van der Waals surface area contributed by atoms with E-state index in [1.807, 2.05) is 70.2 Å². The summed E-state index contributed by atoms with van der Waals surface area (Å²) >= 11 is 12.4. The Labute approximate surface area is 253 Å². The summed E-state index contributed by atoms with van der Waals surface area (Å²) in [6, 6.07) is 20.4. The molecular weight excluding hydrogens is 581 g/mol. The second kappa shape index (κ2) is 14.2. The maximum atomic E-state index is 14.1. The molecule has 3 aromatic rings. The fraction of sp³-hybridized carbons (Fsp3) is 0.355. The van der Waals surface area contributed by atoms with Crippen molar-refractivity contribution in [2.24, 2.45) is 0 Å². The van der Waals surface area contributed by atoms with E-state index in [1.165, 1.54) is 4.90 Å². The number of halogens is 2. The zero-order chi connectivity index (χ0) is 30.3. The lowest BCUT2D eigenvalue weighted by atomic mass is 10.0. The van der Waals surface area contributed by atoms with E-state index in [9.17, 15) is 18.0 Å². The van der Waals surface area contributed by atoms with Gasteiger partial charge in [0.15, 0.2) is 0 Å². The fourth-order valence-corrected chi connectivity index (χ4v) is 5.58. The van der Waals surface area contributed by atoms with Crippen LogP contribution in [0.5, 0.6) is 0 Å². The van der Waals surface area contributed by atoms with Gasteiger partial charge in [-0.25, -0.2) is 8.42 Å². The van der Waals surface area contributed by atoms with Crippen LogP contribution >= 0.6 is 23.2 Å². The van der Waals surface area contributed by atoms with Crippen molar-refractivity contribution in [1.29, 1.82) is 0 Å². The van der Waals surface area contributed by atoms with E-state index in [0.29, 0.717) is 21.3 Å². The molecule has 0 aliphatic carbocycles. The fourth-order valence-electron chi connectivity index (χ4n) is 4.41. The molecule has 7 nitrogen and oxygen atoms in total. The minimum absolute atomic E-state index is 0.0165. The minimum atomic E-state index is -3.84. The van der Waals surface area contributed by atoms with Gasteiger partial charge >= 0.3 is 0 Å². The van der Waals surface area contributed by atoms with Crippen LogP contribution in [0.2, 0.25) is 10.0 Å². The van der Waals surface area contributed by atoms with Crippen molar-refractivity contribution in [3.63, 3.8) is 0 Å². The lowest BCUT2D eigenvalue weighted by Gasteiger charge is -2.34. The predicted octanol–water partition coefficient (Wildman–Crippen LogP) is 6.05. The highest BCUT2D eigenvalue weighted by molar-refractivity contribution is 7.92. The number of hydrogen-bond acceptors (Lipinski definition) is 4. The quantitative estimate of drug-likeness (QED) is 0.268. The minimum Gasteiger partial charge on any atom is -0.352 e. The number of sulfonamides is 1. The molecule has 0 saturated carbocycles. The summed E-state index contributed by atoms with van der Waals surface area (Å²) in [6.07, 6.45) is 1.29. The molecule has 0 saturated heterocycles. The molecular formula is C31H37Cl2N3O4S. The third-order valence-corrected chi connectivity index (χ3v) is 8.45. The Balaban J connectivity index is 2.06. The number of anilines is 1. The van der Waals surface area contributed by atoms with Crippen molar-refractivity contribution < 1.29 is 18.0 Å². The molecule has 0 aliphatic rings. The highest BCUT2D eigenvalue weighted by Crippen LogP contribution is 2.26. The first kappa shape index (κ1) is 32.4. The number of hydrogen-bond donors (Lipinski definition) is 1. The van der Waals surface area contributed by atoms with Crippen molar-refractivity contribution in [1.82, 2.24) is 10.2 Å². The molecule has 3 rings (SSSR count). The number of amides is 2. The van der Waals surface area contributed by atoms with Gasteiger partial charge in [0.1, 0.15) is 12.6 Å². The molecule has 0 spiro atoms. The monoisotopic (exact) mass is 617 g/mol. The van der Waals surface area contributed by atoms with E-state index in [4.69, 9.17) is 23.2 Å². The van der Waals surface area contributed by atoms with Crippen LogP contribution in [-0.2, 0) is 32.6 Å². The molecule has 10 heteroatoms. The van der Waals surface area contributed by atoms with Gasteiger partial charge in [0, 0.05) is 19.0 Å². The molecule has 1 atom stereocenters. The van der Waals surface area contributed by atoms with Gasteiger partial charge in [-0.05, 0) is 60.7 Å². The number of nitrogens with zero attached hydrogens (tertiary/aromatic N) is 2. The topological polar surface area (TPSA) is 86.8 Å². The first-order chi connectivity index (χ1) is 19.3. The smallest absolute Gasteiger partial charge is 0.244 e. The van der Waals surface area contributed by atoms with Crippen molar-refractivity contribution >= 4 is 50.7 Å². The van der Waals surface area contributed by atoms with E-state index < -0.39 is 28.5 Å². The Kier molecular flexibility index (Phi) is 11.2. The van der Waals surface area contributed by atoms with Crippen LogP contribution in [-0.4, -0.2) is 50.0 Å². The van der Waals surface area contributed by atoms with Crippen molar-refractivity contribution in [2.75, 3.05) is 17.1 Å². The van der Waals surface area contributed by atoms with E-state index in [1.54, 1.807) is 30.3 Å². The number of nitrogens with one attached hydrogen (secondary N) is 1. The van der Waals surface area contributed by atoms with Crippen LogP contribution < -0.4 is 9.62 Å². The molecule has 0 aromatic heterocycles. The highest BCUT2D eigenvalue weighted by Gasteiger charge is 2.33. The van der Waals surface area contributed by atoms with Gasteiger partial charge in [0.25, 0.3) is 0 Å². The summed E-state index contributed by atoms with van der Waals surface area (Å²) in [4.78, 5) is 29.1. The second-order valence-electron chi connectivity index (χ2n) is 10.7. The molecule has 0 fully saturated rings. The Bertz CT molecular complexity index is 1450. The highest BCUT2D eigenvalue weighted by atomic mass is 35.5. The lowest BCUT2D eigenvalue weighted by molar-refractivity contribution is -0.140. The average Bonchev–Trinajstić information content (AvgIpc) is 2.90. The average molecular weight is 619 g/mol. The van der Waals surface area contributed by atoms with Gasteiger partial charge < -0.3 is 10.2 Å². The van der Waals surface area contributed by atoms with Crippen LogP contribution in [0.25, 0.3) is 0 Å². The van der Waals surface area contributed by atoms with Gasteiger partial charge in [0.2, 0.25) is 21.8 Å². The van der Waals surface area contributed by atoms with Gasteiger partial charge in [-0.3, -0.25) is 13.9 Å². The summed E-state index contributed by atoms with van der Waals surface area (Å²) < 4.78 is 26.9. The molecule has 41 heavy (non-hydrogen) atoms. The van der Waals surface area contributed by atoms with E-state index in [-0.39, 0.29) is 30.8 Å². The molecule has 0 bridgehead atoms. The maximum absolute atomic E-state index is 14.1. The molecule has 0 aliphatic heterocycles. The Hall–Kier alpha value is -3.07.